The summed E-state index contributed by atoms with van der Waals surface area (Å²) in [6.45, 7) is 9.42. The maximum Gasteiger partial charge on any atom is 0.259 e. The number of nitrogens with one attached hydrogen (secondary N) is 2. The molecule has 1 aromatic heterocycles. The summed E-state index contributed by atoms with van der Waals surface area (Å²) in [5.74, 6) is 2.20. The Morgan fingerprint density at radius 3 is 2.66 bits per heavy atom. The highest BCUT2D eigenvalue weighted by Gasteiger charge is 2.38. The van der Waals surface area contributed by atoms with Crippen LogP contribution in [0.1, 0.15) is 61.6 Å². The van der Waals surface area contributed by atoms with E-state index in [1.54, 1.807) is 48.8 Å². The number of allylic oxidation sites excluding steroid dienone is 1. The normalized spacial score (nSPS) is 18.5. The molecule has 5 rings (SSSR count). The van der Waals surface area contributed by atoms with Crippen molar-refractivity contribution in [2.75, 3.05) is 23.4 Å². The molecule has 1 aliphatic carbocycles. The first-order chi connectivity index (χ1) is 21.1. The lowest BCUT2D eigenvalue weighted by Crippen LogP contribution is -2.49. The third-order valence-electron chi connectivity index (χ3n) is 8.03. The zero-order chi connectivity index (χ0) is 31.4. The first kappa shape index (κ1) is 30.6. The van der Waals surface area contributed by atoms with E-state index in [0.29, 0.717) is 42.1 Å². The number of carbonyl (C=O) groups is 2. The molecule has 8 heteroatoms. The molecular formula is C36H38N4O4. The number of benzene rings is 2. The summed E-state index contributed by atoms with van der Waals surface area (Å²) in [7, 11) is 0. The number of carbonyl (C=O) groups excluding carboxylic acids is 2. The molecule has 8 nitrogen and oxygen atoms in total. The third kappa shape index (κ3) is 6.38. The molecule has 226 valence electrons. The number of fused-ring (bicyclic) bond motifs is 1. The minimum absolute atomic E-state index is 0.110. The van der Waals surface area contributed by atoms with E-state index in [-0.39, 0.29) is 11.3 Å². The van der Waals surface area contributed by atoms with Crippen LogP contribution in [-0.4, -0.2) is 47.2 Å². The fraction of sp³-hybridized carbons (Fsp3) is 0.306. The second kappa shape index (κ2) is 12.8. The van der Waals surface area contributed by atoms with E-state index >= 15 is 0 Å². The van der Waals surface area contributed by atoms with Crippen molar-refractivity contribution < 1.29 is 19.4 Å². The molecule has 1 aliphatic heterocycles. The number of nitrogens with zero attached hydrogens (tertiary/aromatic N) is 2. The maximum atomic E-state index is 14.5. The summed E-state index contributed by atoms with van der Waals surface area (Å²) in [4.78, 5) is 34.7. The number of aliphatic hydroxyl groups is 1. The number of pyridine rings is 1. The summed E-state index contributed by atoms with van der Waals surface area (Å²) in [5.41, 5.74) is 4.88. The second-order valence-corrected chi connectivity index (χ2v) is 12.1. The maximum absolute atomic E-state index is 14.5. The van der Waals surface area contributed by atoms with Crippen molar-refractivity contribution in [1.82, 2.24) is 10.3 Å². The number of aliphatic hydroxyl groups excluding tert-OH is 1. The van der Waals surface area contributed by atoms with E-state index in [1.807, 2.05) is 37.3 Å². The van der Waals surface area contributed by atoms with Crippen LogP contribution < -0.4 is 20.3 Å². The molecule has 0 spiro atoms. The van der Waals surface area contributed by atoms with Crippen LogP contribution in [0.3, 0.4) is 0 Å². The van der Waals surface area contributed by atoms with Crippen LogP contribution in [-0.2, 0) is 10.2 Å². The van der Waals surface area contributed by atoms with Gasteiger partial charge < -0.3 is 20.5 Å². The molecule has 44 heavy (non-hydrogen) atoms. The fourth-order valence-electron chi connectivity index (χ4n) is 5.68. The van der Waals surface area contributed by atoms with Gasteiger partial charge in [0, 0.05) is 35.8 Å². The van der Waals surface area contributed by atoms with Gasteiger partial charge in [0.15, 0.2) is 0 Å². The molecule has 3 atom stereocenters. The Labute approximate surface area is 258 Å². The molecule has 0 bridgehead atoms. The van der Waals surface area contributed by atoms with Gasteiger partial charge in [0.1, 0.15) is 18.4 Å². The molecule has 2 aromatic carbocycles. The minimum Gasteiger partial charge on any atom is -0.490 e. The Kier molecular flexibility index (Phi) is 8.88. The summed E-state index contributed by atoms with van der Waals surface area (Å²) in [5, 5.41) is 17.2. The number of rotatable bonds is 7. The number of aromatic nitrogens is 1. The van der Waals surface area contributed by atoms with E-state index in [1.165, 1.54) is 4.90 Å². The van der Waals surface area contributed by atoms with Gasteiger partial charge in [-0.3, -0.25) is 19.5 Å². The molecule has 2 aliphatic rings. The van der Waals surface area contributed by atoms with Crippen LogP contribution in [0.5, 0.6) is 5.75 Å². The van der Waals surface area contributed by atoms with E-state index in [2.05, 4.69) is 42.3 Å². The molecule has 0 fully saturated rings. The van der Waals surface area contributed by atoms with Gasteiger partial charge in [0.2, 0.25) is 5.91 Å². The first-order valence-electron chi connectivity index (χ1n) is 14.7. The van der Waals surface area contributed by atoms with Gasteiger partial charge in [-0.05, 0) is 78.4 Å². The Balaban J connectivity index is 1.61. The molecule has 0 saturated carbocycles. The van der Waals surface area contributed by atoms with Crippen LogP contribution in [0.4, 0.5) is 11.4 Å². The highest BCUT2D eigenvalue weighted by Crippen LogP contribution is 2.35. The predicted octanol–water partition coefficient (Wildman–Crippen LogP) is 5.33. The largest absolute Gasteiger partial charge is 0.490 e. The average molecular weight is 591 g/mol. The summed E-state index contributed by atoms with van der Waals surface area (Å²) < 4.78 is 5.82. The highest BCUT2D eigenvalue weighted by atomic mass is 16.5. The molecular weight excluding hydrogens is 552 g/mol. The van der Waals surface area contributed by atoms with Gasteiger partial charge in [-0.25, -0.2) is 0 Å². The monoisotopic (exact) mass is 590 g/mol. The molecule has 0 radical (unpaired) electrons. The number of hydrogen-bond donors (Lipinski definition) is 3. The van der Waals surface area contributed by atoms with Crippen LogP contribution in [0.2, 0.25) is 0 Å². The zero-order valence-electron chi connectivity index (χ0n) is 25.5. The molecule has 1 unspecified atom stereocenters. The Morgan fingerprint density at radius 1 is 1.20 bits per heavy atom. The zero-order valence-corrected chi connectivity index (χ0v) is 25.5. The molecule has 2 heterocycles. The number of terminal acetylenes is 1. The van der Waals surface area contributed by atoms with Gasteiger partial charge >= 0.3 is 0 Å². The Bertz CT molecular complexity index is 1630. The molecule has 3 aromatic rings. The first-order valence-corrected chi connectivity index (χ1v) is 14.7. The number of ether oxygens (including phenoxy) is 1. The number of amides is 2. The van der Waals surface area contributed by atoms with Crippen molar-refractivity contribution in [1.29, 1.82) is 0 Å². The lowest BCUT2D eigenvalue weighted by molar-refractivity contribution is -0.123. The van der Waals surface area contributed by atoms with Crippen LogP contribution >= 0.6 is 0 Å². The van der Waals surface area contributed by atoms with Gasteiger partial charge in [0.05, 0.1) is 17.8 Å². The topological polar surface area (TPSA) is 104 Å². The van der Waals surface area contributed by atoms with Crippen molar-refractivity contribution in [2.24, 2.45) is 0 Å². The van der Waals surface area contributed by atoms with Gasteiger partial charge in [-0.15, -0.1) is 6.42 Å². The summed E-state index contributed by atoms with van der Waals surface area (Å²) in [6, 6.07) is 14.6. The smallest absolute Gasteiger partial charge is 0.259 e. The molecule has 2 amide bonds. The van der Waals surface area contributed by atoms with Crippen LogP contribution in [0.15, 0.2) is 90.3 Å². The Morgan fingerprint density at radius 2 is 1.98 bits per heavy atom. The fourth-order valence-corrected chi connectivity index (χ4v) is 5.68. The van der Waals surface area contributed by atoms with E-state index in [0.717, 1.165) is 22.4 Å². The quantitative estimate of drug-likeness (QED) is 0.322. The average Bonchev–Trinajstić information content (AvgIpc) is 3.28. The Hall–Kier alpha value is -4.87. The SMILES string of the molecule is C#C/C=C\C1=C(C)C[C@H](O)[C@@H]1NC(=O)C(c1cccnc1)N(C(=O)c1ccc2c(c1)OCCN2)c1ccc(C(C)(C)C)cc1. The van der Waals surface area contributed by atoms with Crippen molar-refractivity contribution in [3.8, 4) is 18.1 Å². The number of anilines is 2. The van der Waals surface area contributed by atoms with E-state index < -0.39 is 24.1 Å². The molecule has 0 saturated heterocycles. The number of hydrogen-bond acceptors (Lipinski definition) is 6. The minimum atomic E-state index is -1.11. The van der Waals surface area contributed by atoms with Crippen molar-refractivity contribution >= 4 is 23.2 Å². The van der Waals surface area contributed by atoms with Crippen LogP contribution in [0, 0.1) is 12.3 Å². The van der Waals surface area contributed by atoms with E-state index in [4.69, 9.17) is 11.2 Å². The van der Waals surface area contributed by atoms with Gasteiger partial charge in [-0.1, -0.05) is 50.5 Å². The van der Waals surface area contributed by atoms with Crippen LogP contribution in [0.25, 0.3) is 0 Å². The van der Waals surface area contributed by atoms with Crippen molar-refractivity contribution in [3.63, 3.8) is 0 Å². The third-order valence-corrected chi connectivity index (χ3v) is 8.03. The molecule has 3 N–H and O–H groups in total. The van der Waals surface area contributed by atoms with Crippen molar-refractivity contribution in [2.45, 2.75) is 57.7 Å². The van der Waals surface area contributed by atoms with Gasteiger partial charge in [0.25, 0.3) is 5.91 Å². The lowest BCUT2D eigenvalue weighted by atomic mass is 9.87. The van der Waals surface area contributed by atoms with E-state index in [9.17, 15) is 14.7 Å². The highest BCUT2D eigenvalue weighted by molar-refractivity contribution is 6.10. The standard InChI is InChI=1S/C36H38N4O4/c1-6-7-10-28-23(2)20-30(41)32(28)39-34(42)33(25-9-8-17-37-22-25)40(27-14-12-26(13-15-27)36(3,4)5)35(43)24-11-16-29-31(21-24)44-19-18-38-29/h1,7-17,21-22,30,32-33,38,41H,18-20H2,2-5H3,(H,39,42)/b10-7-/t30-,32+,33?/m0/s1. The lowest BCUT2D eigenvalue weighted by Gasteiger charge is -2.33. The summed E-state index contributed by atoms with van der Waals surface area (Å²) in [6.07, 6.45) is 11.5. The second-order valence-electron chi connectivity index (χ2n) is 12.1. The van der Waals surface area contributed by atoms with Crippen molar-refractivity contribution in [3.05, 3.63) is 107 Å². The summed E-state index contributed by atoms with van der Waals surface area (Å²) >= 11 is 0. The van der Waals surface area contributed by atoms with Gasteiger partial charge in [-0.2, -0.15) is 0 Å². The predicted molar refractivity (Wildman–Crippen MR) is 173 cm³/mol.